The van der Waals surface area contributed by atoms with E-state index in [2.05, 4.69) is 5.32 Å². The topological polar surface area (TPSA) is 51.1 Å². The molecular formula is C17H20N2O2S. The number of aromatic nitrogens is 1. The summed E-state index contributed by atoms with van der Waals surface area (Å²) in [5, 5.41) is 2.94. The molecule has 0 spiro atoms. The molecule has 22 heavy (non-hydrogen) atoms. The van der Waals surface area contributed by atoms with Gasteiger partial charge in [0.1, 0.15) is 4.88 Å². The van der Waals surface area contributed by atoms with E-state index in [-0.39, 0.29) is 10.8 Å². The largest absolute Gasteiger partial charge is 0.351 e. The van der Waals surface area contributed by atoms with E-state index in [0.29, 0.717) is 17.3 Å². The molecule has 1 N–H and O–H groups in total. The first-order chi connectivity index (χ1) is 10.6. The number of nitrogens with zero attached hydrogens (tertiary/aromatic N) is 1. The van der Waals surface area contributed by atoms with Gasteiger partial charge >= 0.3 is 4.87 Å². The van der Waals surface area contributed by atoms with E-state index < -0.39 is 0 Å². The van der Waals surface area contributed by atoms with Crippen molar-refractivity contribution in [2.24, 2.45) is 5.92 Å². The fourth-order valence-corrected chi connectivity index (χ4v) is 3.38. The molecule has 1 aromatic heterocycles. The number of carbonyl (C=O) groups is 1. The summed E-state index contributed by atoms with van der Waals surface area (Å²) < 4.78 is 1.69. The Morgan fingerprint density at radius 3 is 2.73 bits per heavy atom. The Balaban J connectivity index is 1.81. The standard InChI is InChI=1S/C17H20N2O2S/c1-11-5-3-4-6-14(11)10-19-12(2)15(22-17(19)21)16(20)18-9-13-7-8-13/h3-6,13H,7-10H2,1-2H3,(H,18,20). The van der Waals surface area contributed by atoms with Crippen LogP contribution in [-0.2, 0) is 6.54 Å². The molecule has 1 aromatic carbocycles. The van der Waals surface area contributed by atoms with E-state index in [9.17, 15) is 9.59 Å². The molecular weight excluding hydrogens is 296 g/mol. The molecule has 5 heteroatoms. The maximum absolute atomic E-state index is 12.2. The lowest BCUT2D eigenvalue weighted by Crippen LogP contribution is -2.25. The third kappa shape index (κ3) is 3.14. The van der Waals surface area contributed by atoms with Gasteiger partial charge in [-0.3, -0.25) is 14.2 Å². The zero-order valence-electron chi connectivity index (χ0n) is 12.9. The second-order valence-electron chi connectivity index (χ2n) is 5.95. The van der Waals surface area contributed by atoms with Crippen LogP contribution in [0.25, 0.3) is 0 Å². The lowest BCUT2D eigenvalue weighted by atomic mass is 10.1. The van der Waals surface area contributed by atoms with Gasteiger partial charge in [0.05, 0.1) is 6.54 Å². The third-order valence-electron chi connectivity index (χ3n) is 4.19. The van der Waals surface area contributed by atoms with Gasteiger partial charge in [-0.25, -0.2) is 0 Å². The number of aryl methyl sites for hydroxylation is 1. The summed E-state index contributed by atoms with van der Waals surface area (Å²) in [7, 11) is 0. The van der Waals surface area contributed by atoms with Crippen molar-refractivity contribution < 1.29 is 4.79 Å². The van der Waals surface area contributed by atoms with Gasteiger partial charge in [-0.2, -0.15) is 0 Å². The second-order valence-corrected chi connectivity index (χ2v) is 6.91. The van der Waals surface area contributed by atoms with Crippen LogP contribution in [0.15, 0.2) is 29.1 Å². The zero-order chi connectivity index (χ0) is 15.7. The van der Waals surface area contributed by atoms with E-state index in [1.165, 1.54) is 12.8 Å². The average Bonchev–Trinajstić information content (AvgIpc) is 3.28. The lowest BCUT2D eigenvalue weighted by molar-refractivity contribution is 0.0954. The van der Waals surface area contributed by atoms with Crippen LogP contribution in [0.5, 0.6) is 0 Å². The Morgan fingerprint density at radius 2 is 2.05 bits per heavy atom. The molecule has 1 amide bonds. The molecule has 3 rings (SSSR count). The molecule has 116 valence electrons. The summed E-state index contributed by atoms with van der Waals surface area (Å²) in [6.45, 7) is 5.12. The van der Waals surface area contributed by atoms with Gasteiger partial charge in [-0.1, -0.05) is 35.6 Å². The molecule has 1 fully saturated rings. The highest BCUT2D eigenvalue weighted by Gasteiger charge is 2.23. The monoisotopic (exact) mass is 316 g/mol. The van der Waals surface area contributed by atoms with Crippen molar-refractivity contribution in [2.45, 2.75) is 33.2 Å². The van der Waals surface area contributed by atoms with Crippen LogP contribution in [0.1, 0.15) is 39.3 Å². The molecule has 0 bridgehead atoms. The molecule has 4 nitrogen and oxygen atoms in total. The molecule has 0 radical (unpaired) electrons. The van der Waals surface area contributed by atoms with E-state index in [0.717, 1.165) is 34.7 Å². The number of rotatable bonds is 5. The second kappa shape index (κ2) is 6.08. The fraction of sp³-hybridized carbons (Fsp3) is 0.412. The Hall–Kier alpha value is -1.88. The number of thiazole rings is 1. The summed E-state index contributed by atoms with van der Waals surface area (Å²) >= 11 is 1.04. The number of amides is 1. The first kappa shape index (κ1) is 15.0. The van der Waals surface area contributed by atoms with Crippen molar-refractivity contribution in [3.05, 3.63) is 55.6 Å². The van der Waals surface area contributed by atoms with Gasteiger partial charge in [0.25, 0.3) is 5.91 Å². The molecule has 1 heterocycles. The van der Waals surface area contributed by atoms with Gasteiger partial charge in [0.15, 0.2) is 0 Å². The number of carbonyl (C=O) groups excluding carboxylic acids is 1. The maximum Gasteiger partial charge on any atom is 0.308 e. The summed E-state index contributed by atoms with van der Waals surface area (Å²) in [5.41, 5.74) is 3.02. The van der Waals surface area contributed by atoms with E-state index in [1.54, 1.807) is 4.57 Å². The number of hydrogen-bond acceptors (Lipinski definition) is 3. The van der Waals surface area contributed by atoms with E-state index >= 15 is 0 Å². The summed E-state index contributed by atoms with van der Waals surface area (Å²) in [6.07, 6.45) is 2.40. The van der Waals surface area contributed by atoms with E-state index in [4.69, 9.17) is 0 Å². The molecule has 0 unspecified atom stereocenters. The minimum Gasteiger partial charge on any atom is -0.351 e. The Labute approximate surface area is 133 Å². The van der Waals surface area contributed by atoms with Crippen molar-refractivity contribution in [3.8, 4) is 0 Å². The number of hydrogen-bond donors (Lipinski definition) is 1. The molecule has 0 atom stereocenters. The van der Waals surface area contributed by atoms with Crippen LogP contribution in [0.2, 0.25) is 0 Å². The molecule has 0 saturated heterocycles. The van der Waals surface area contributed by atoms with E-state index in [1.807, 2.05) is 38.1 Å². The molecule has 1 saturated carbocycles. The third-order valence-corrected chi connectivity index (χ3v) is 5.27. The highest BCUT2D eigenvalue weighted by molar-refractivity contribution is 7.11. The molecule has 1 aliphatic rings. The van der Waals surface area contributed by atoms with Crippen molar-refractivity contribution in [1.82, 2.24) is 9.88 Å². The normalized spacial score (nSPS) is 14.1. The van der Waals surface area contributed by atoms with Crippen LogP contribution in [0, 0.1) is 19.8 Å². The average molecular weight is 316 g/mol. The van der Waals surface area contributed by atoms with Gasteiger partial charge < -0.3 is 5.32 Å². The molecule has 1 aliphatic carbocycles. The van der Waals surface area contributed by atoms with Crippen LogP contribution >= 0.6 is 11.3 Å². The van der Waals surface area contributed by atoms with Crippen LogP contribution in [0.4, 0.5) is 0 Å². The van der Waals surface area contributed by atoms with Gasteiger partial charge in [-0.05, 0) is 43.7 Å². The van der Waals surface area contributed by atoms with Crippen molar-refractivity contribution in [2.75, 3.05) is 6.54 Å². The number of benzene rings is 1. The minimum atomic E-state index is -0.116. The highest BCUT2D eigenvalue weighted by Crippen LogP contribution is 2.27. The van der Waals surface area contributed by atoms with Gasteiger partial charge in [0, 0.05) is 12.2 Å². The van der Waals surface area contributed by atoms with Crippen molar-refractivity contribution in [1.29, 1.82) is 0 Å². The first-order valence-electron chi connectivity index (χ1n) is 7.59. The zero-order valence-corrected chi connectivity index (χ0v) is 13.7. The van der Waals surface area contributed by atoms with Crippen LogP contribution in [0.3, 0.4) is 0 Å². The molecule has 2 aromatic rings. The SMILES string of the molecule is Cc1ccccc1Cn1c(C)c(C(=O)NCC2CC2)sc1=O. The fourth-order valence-electron chi connectivity index (χ4n) is 2.47. The van der Waals surface area contributed by atoms with Crippen molar-refractivity contribution in [3.63, 3.8) is 0 Å². The predicted octanol–water partition coefficient (Wildman–Crippen LogP) is 2.71. The summed E-state index contributed by atoms with van der Waals surface area (Å²) in [6, 6.07) is 8.01. The Kier molecular flexibility index (Phi) is 4.16. The first-order valence-corrected chi connectivity index (χ1v) is 8.41. The highest BCUT2D eigenvalue weighted by atomic mass is 32.1. The van der Waals surface area contributed by atoms with Gasteiger partial charge in [-0.15, -0.1) is 0 Å². The molecule has 0 aliphatic heterocycles. The Bertz CT molecular complexity index is 756. The summed E-state index contributed by atoms with van der Waals surface area (Å²) in [5.74, 6) is 0.519. The number of nitrogens with one attached hydrogen (secondary N) is 1. The van der Waals surface area contributed by atoms with Crippen LogP contribution in [-0.4, -0.2) is 17.0 Å². The lowest BCUT2D eigenvalue weighted by Gasteiger charge is -2.08. The Morgan fingerprint density at radius 1 is 1.32 bits per heavy atom. The maximum atomic E-state index is 12.2. The van der Waals surface area contributed by atoms with Crippen LogP contribution < -0.4 is 10.2 Å². The summed E-state index contributed by atoms with van der Waals surface area (Å²) in [4.78, 5) is 24.9. The van der Waals surface area contributed by atoms with Gasteiger partial charge in [0.2, 0.25) is 0 Å². The van der Waals surface area contributed by atoms with Crippen molar-refractivity contribution >= 4 is 17.2 Å². The quantitative estimate of drug-likeness (QED) is 0.922. The predicted molar refractivity (Wildman–Crippen MR) is 88.7 cm³/mol. The smallest absolute Gasteiger partial charge is 0.308 e. The minimum absolute atomic E-state index is 0.0719.